The van der Waals surface area contributed by atoms with Crippen LogP contribution in [0.4, 0.5) is 5.69 Å². The number of nitrogens with one attached hydrogen (secondary N) is 1. The minimum absolute atomic E-state index is 0.171. The number of hydrogen-bond acceptors (Lipinski definition) is 3. The lowest BCUT2D eigenvalue weighted by Crippen LogP contribution is -2.13. The van der Waals surface area contributed by atoms with Crippen LogP contribution in [0.5, 0.6) is 0 Å². The zero-order valence-electron chi connectivity index (χ0n) is 15.7. The van der Waals surface area contributed by atoms with Gasteiger partial charge in [0.1, 0.15) is 0 Å². The van der Waals surface area contributed by atoms with Crippen LogP contribution >= 0.6 is 0 Å². The summed E-state index contributed by atoms with van der Waals surface area (Å²) >= 11 is 0. The van der Waals surface area contributed by atoms with Crippen molar-refractivity contribution in [1.29, 1.82) is 0 Å². The van der Waals surface area contributed by atoms with Gasteiger partial charge in [0, 0.05) is 17.1 Å². The van der Waals surface area contributed by atoms with Crippen LogP contribution in [0.1, 0.15) is 29.3 Å². The first-order valence-corrected chi connectivity index (χ1v) is 9.45. The molecule has 1 amide bonds. The summed E-state index contributed by atoms with van der Waals surface area (Å²) < 4.78 is 0. The topological polar surface area (TPSA) is 54.9 Å². The number of carbonyl (C=O) groups is 1. The normalized spacial score (nSPS) is 10.8. The molecule has 0 bridgehead atoms. The van der Waals surface area contributed by atoms with Gasteiger partial charge < -0.3 is 5.32 Å². The Morgan fingerprint density at radius 2 is 1.82 bits per heavy atom. The van der Waals surface area contributed by atoms with Crippen LogP contribution in [0.15, 0.2) is 79.1 Å². The molecule has 0 unspecified atom stereocenters. The molecule has 0 aliphatic heterocycles. The van der Waals surface area contributed by atoms with Crippen molar-refractivity contribution in [2.75, 3.05) is 5.32 Å². The van der Waals surface area contributed by atoms with Gasteiger partial charge in [0.25, 0.3) is 5.91 Å². The van der Waals surface area contributed by atoms with Crippen molar-refractivity contribution in [2.24, 2.45) is 0 Å². The number of pyridine rings is 2. The molecule has 4 nitrogen and oxygen atoms in total. The number of anilines is 1. The van der Waals surface area contributed by atoms with Gasteiger partial charge in [-0.2, -0.15) is 0 Å². The first kappa shape index (κ1) is 17.9. The van der Waals surface area contributed by atoms with Gasteiger partial charge in [0.05, 0.1) is 28.7 Å². The van der Waals surface area contributed by atoms with E-state index in [9.17, 15) is 4.79 Å². The Morgan fingerprint density at radius 3 is 2.57 bits per heavy atom. The average molecular weight is 367 g/mol. The van der Waals surface area contributed by atoms with Gasteiger partial charge in [-0.25, -0.2) is 4.98 Å². The molecule has 2 heterocycles. The summed E-state index contributed by atoms with van der Waals surface area (Å²) in [6.45, 7) is 2.17. The standard InChI is InChI=1S/C24H21N3O/c1-2-6-17-10-12-18(13-11-17)23-15-21(20-8-3-4-9-22(20)27-23)24(28)26-19-7-5-14-25-16-19/h3-5,7-16H,2,6H2,1H3,(H,26,28). The maximum Gasteiger partial charge on any atom is 0.256 e. The zero-order valence-corrected chi connectivity index (χ0v) is 15.7. The maximum absolute atomic E-state index is 13.0. The number of para-hydroxylation sites is 1. The summed E-state index contributed by atoms with van der Waals surface area (Å²) in [6, 6.07) is 21.6. The minimum atomic E-state index is -0.171. The third-order valence-electron chi connectivity index (χ3n) is 4.67. The van der Waals surface area contributed by atoms with E-state index in [1.807, 2.05) is 36.4 Å². The molecule has 1 N–H and O–H groups in total. The molecule has 2 aromatic carbocycles. The van der Waals surface area contributed by atoms with Crippen LogP contribution in [0.3, 0.4) is 0 Å². The molecule has 0 aliphatic rings. The van der Waals surface area contributed by atoms with Crippen LogP contribution in [-0.4, -0.2) is 15.9 Å². The molecule has 0 saturated heterocycles. The van der Waals surface area contributed by atoms with Crippen molar-refractivity contribution >= 4 is 22.5 Å². The Morgan fingerprint density at radius 1 is 1.00 bits per heavy atom. The second-order valence-electron chi connectivity index (χ2n) is 6.71. The molecule has 138 valence electrons. The lowest BCUT2D eigenvalue weighted by molar-refractivity contribution is 0.102. The predicted octanol–water partition coefficient (Wildman–Crippen LogP) is 5.50. The fraction of sp³-hybridized carbons (Fsp3) is 0.125. The van der Waals surface area contributed by atoms with Gasteiger partial charge in [0.2, 0.25) is 0 Å². The molecule has 0 saturated carbocycles. The molecule has 2 aromatic heterocycles. The number of aromatic nitrogens is 2. The van der Waals surface area contributed by atoms with Crippen molar-refractivity contribution in [3.63, 3.8) is 0 Å². The third-order valence-corrected chi connectivity index (χ3v) is 4.67. The molecule has 4 aromatic rings. The van der Waals surface area contributed by atoms with Gasteiger partial charge >= 0.3 is 0 Å². The van der Waals surface area contributed by atoms with E-state index < -0.39 is 0 Å². The van der Waals surface area contributed by atoms with Crippen molar-refractivity contribution in [3.05, 3.63) is 90.3 Å². The second kappa shape index (κ2) is 8.01. The second-order valence-corrected chi connectivity index (χ2v) is 6.71. The van der Waals surface area contributed by atoms with Crippen molar-refractivity contribution in [1.82, 2.24) is 9.97 Å². The van der Waals surface area contributed by atoms with E-state index in [2.05, 4.69) is 41.5 Å². The number of hydrogen-bond donors (Lipinski definition) is 1. The van der Waals surface area contributed by atoms with Gasteiger partial charge in [-0.3, -0.25) is 9.78 Å². The van der Waals surface area contributed by atoms with E-state index >= 15 is 0 Å². The Balaban J connectivity index is 1.76. The third kappa shape index (κ3) is 3.76. The van der Waals surface area contributed by atoms with Crippen molar-refractivity contribution < 1.29 is 4.79 Å². The maximum atomic E-state index is 13.0. The summed E-state index contributed by atoms with van der Waals surface area (Å²) in [7, 11) is 0. The van der Waals surface area contributed by atoms with Crippen LogP contribution in [0.2, 0.25) is 0 Å². The Labute approximate surface area is 164 Å². The predicted molar refractivity (Wildman–Crippen MR) is 113 cm³/mol. The molecule has 4 heteroatoms. The average Bonchev–Trinajstić information content (AvgIpc) is 2.74. The molecule has 28 heavy (non-hydrogen) atoms. The molecule has 0 aliphatic carbocycles. The number of benzene rings is 2. The van der Waals surface area contributed by atoms with Crippen LogP contribution in [0.25, 0.3) is 22.2 Å². The SMILES string of the molecule is CCCc1ccc(-c2cc(C(=O)Nc3cccnc3)c3ccccc3n2)cc1. The highest BCUT2D eigenvalue weighted by molar-refractivity contribution is 6.13. The molecular weight excluding hydrogens is 346 g/mol. The van der Waals surface area contributed by atoms with Crippen LogP contribution in [0, 0.1) is 0 Å². The van der Waals surface area contributed by atoms with Gasteiger partial charge in [-0.15, -0.1) is 0 Å². The number of nitrogens with zero attached hydrogens (tertiary/aromatic N) is 2. The Hall–Kier alpha value is -3.53. The van der Waals surface area contributed by atoms with Gasteiger partial charge in [-0.05, 0) is 36.2 Å². The van der Waals surface area contributed by atoms with Crippen molar-refractivity contribution in [2.45, 2.75) is 19.8 Å². The Kier molecular flexibility index (Phi) is 5.11. The van der Waals surface area contributed by atoms with Crippen LogP contribution < -0.4 is 5.32 Å². The van der Waals surface area contributed by atoms with Gasteiger partial charge in [0.15, 0.2) is 0 Å². The number of amides is 1. The van der Waals surface area contributed by atoms with E-state index in [1.54, 1.807) is 18.5 Å². The molecular formula is C24H21N3O. The summed E-state index contributed by atoms with van der Waals surface area (Å²) in [5.74, 6) is -0.171. The van der Waals surface area contributed by atoms with E-state index in [-0.39, 0.29) is 5.91 Å². The largest absolute Gasteiger partial charge is 0.321 e. The number of carbonyl (C=O) groups excluding carboxylic acids is 1. The molecule has 4 rings (SSSR count). The first-order valence-electron chi connectivity index (χ1n) is 9.45. The van der Waals surface area contributed by atoms with E-state index in [4.69, 9.17) is 4.98 Å². The number of aryl methyl sites for hydroxylation is 1. The smallest absolute Gasteiger partial charge is 0.256 e. The molecule has 0 atom stereocenters. The quantitative estimate of drug-likeness (QED) is 0.506. The fourth-order valence-corrected chi connectivity index (χ4v) is 3.28. The van der Waals surface area contributed by atoms with Gasteiger partial charge in [-0.1, -0.05) is 55.8 Å². The zero-order chi connectivity index (χ0) is 19.3. The highest BCUT2D eigenvalue weighted by atomic mass is 16.1. The van der Waals surface area contributed by atoms with E-state index in [1.165, 1.54) is 5.56 Å². The fourth-order valence-electron chi connectivity index (χ4n) is 3.28. The summed E-state index contributed by atoms with van der Waals surface area (Å²) in [4.78, 5) is 21.8. The Bertz CT molecular complexity index is 1110. The van der Waals surface area contributed by atoms with Crippen molar-refractivity contribution in [3.8, 4) is 11.3 Å². The van der Waals surface area contributed by atoms with E-state index in [0.717, 1.165) is 35.0 Å². The summed E-state index contributed by atoms with van der Waals surface area (Å²) in [5.41, 5.74) is 5.16. The lowest BCUT2D eigenvalue weighted by atomic mass is 10.0. The van der Waals surface area contributed by atoms with E-state index in [0.29, 0.717) is 11.3 Å². The first-order chi connectivity index (χ1) is 13.7. The highest BCUT2D eigenvalue weighted by Gasteiger charge is 2.14. The number of rotatable bonds is 5. The molecule has 0 spiro atoms. The minimum Gasteiger partial charge on any atom is -0.321 e. The summed E-state index contributed by atoms with van der Waals surface area (Å²) in [6.07, 6.45) is 5.49. The summed E-state index contributed by atoms with van der Waals surface area (Å²) in [5, 5.41) is 3.75. The number of fused-ring (bicyclic) bond motifs is 1. The molecule has 0 fully saturated rings. The monoisotopic (exact) mass is 367 g/mol. The molecule has 0 radical (unpaired) electrons. The highest BCUT2D eigenvalue weighted by Crippen LogP contribution is 2.26. The van der Waals surface area contributed by atoms with Crippen LogP contribution in [-0.2, 0) is 6.42 Å². The lowest BCUT2D eigenvalue weighted by Gasteiger charge is -2.11.